The minimum absolute atomic E-state index is 1.19. The predicted molar refractivity (Wildman–Crippen MR) is 191 cm³/mol. The lowest BCUT2D eigenvalue weighted by Gasteiger charge is -2.19. The standard InChI is InChI=1S/C44H30/c1-3-13-32(14-4-1)33-26-23-31(24-27-33)25-28-34-29-30-42(37-18-8-7-17-36(34)37)44-40-21-11-9-19-38(40)43(35-15-5-2-6-16-35)39-20-10-12-22-41(39)44/h1-30H. The molecule has 0 heterocycles. The minimum Gasteiger partial charge on any atom is -0.0622 e. The Hall–Kier alpha value is -5.72. The molecule has 0 amide bonds. The van der Waals surface area contributed by atoms with Crippen molar-refractivity contribution in [2.24, 2.45) is 0 Å². The van der Waals surface area contributed by atoms with Crippen LogP contribution in [0.5, 0.6) is 0 Å². The van der Waals surface area contributed by atoms with Crippen molar-refractivity contribution in [2.45, 2.75) is 0 Å². The first kappa shape index (κ1) is 25.9. The summed E-state index contributed by atoms with van der Waals surface area (Å²) in [5.41, 5.74) is 9.96. The summed E-state index contributed by atoms with van der Waals surface area (Å²) in [7, 11) is 0. The Morgan fingerprint density at radius 1 is 0.273 bits per heavy atom. The van der Waals surface area contributed by atoms with Crippen LogP contribution in [0, 0.1) is 0 Å². The van der Waals surface area contributed by atoms with Gasteiger partial charge in [0.15, 0.2) is 0 Å². The highest BCUT2D eigenvalue weighted by molar-refractivity contribution is 6.23. The van der Waals surface area contributed by atoms with E-state index in [9.17, 15) is 0 Å². The SMILES string of the molecule is C(=Cc1ccc(-c2c3ccccc3c(-c3ccccc3)c3ccccc23)c2ccccc12)c1ccc(-c2ccccc2)cc1. The van der Waals surface area contributed by atoms with Gasteiger partial charge >= 0.3 is 0 Å². The molecule has 0 N–H and O–H groups in total. The van der Waals surface area contributed by atoms with Gasteiger partial charge in [-0.25, -0.2) is 0 Å². The first-order chi connectivity index (χ1) is 21.8. The summed E-state index contributed by atoms with van der Waals surface area (Å²) in [5.74, 6) is 0. The monoisotopic (exact) mass is 558 g/mol. The zero-order valence-electron chi connectivity index (χ0n) is 24.3. The van der Waals surface area contributed by atoms with Crippen LogP contribution in [-0.4, -0.2) is 0 Å². The second-order valence-electron chi connectivity index (χ2n) is 11.3. The third-order valence-corrected chi connectivity index (χ3v) is 8.69. The van der Waals surface area contributed by atoms with Crippen LogP contribution in [0.1, 0.15) is 11.1 Å². The number of benzene rings is 8. The van der Waals surface area contributed by atoms with E-state index in [-0.39, 0.29) is 0 Å². The Morgan fingerprint density at radius 3 is 1.32 bits per heavy atom. The van der Waals surface area contributed by atoms with Crippen LogP contribution < -0.4 is 0 Å². The summed E-state index contributed by atoms with van der Waals surface area (Å²) in [6.45, 7) is 0. The van der Waals surface area contributed by atoms with Gasteiger partial charge in [0.2, 0.25) is 0 Å². The van der Waals surface area contributed by atoms with Crippen LogP contribution in [0.3, 0.4) is 0 Å². The molecule has 0 saturated heterocycles. The Morgan fingerprint density at radius 2 is 0.727 bits per heavy atom. The van der Waals surface area contributed by atoms with Gasteiger partial charge in [-0.2, -0.15) is 0 Å². The molecule has 0 aliphatic rings. The van der Waals surface area contributed by atoms with Crippen molar-refractivity contribution >= 4 is 44.5 Å². The van der Waals surface area contributed by atoms with Crippen molar-refractivity contribution in [1.29, 1.82) is 0 Å². The molecule has 8 aromatic carbocycles. The topological polar surface area (TPSA) is 0 Å². The zero-order valence-corrected chi connectivity index (χ0v) is 24.3. The zero-order chi connectivity index (χ0) is 29.3. The molecule has 0 aliphatic heterocycles. The molecule has 8 rings (SSSR count). The first-order valence-electron chi connectivity index (χ1n) is 15.2. The fraction of sp³-hybridized carbons (Fsp3) is 0. The van der Waals surface area contributed by atoms with E-state index >= 15 is 0 Å². The molecule has 0 spiro atoms. The number of hydrogen-bond donors (Lipinski definition) is 0. The van der Waals surface area contributed by atoms with Gasteiger partial charge in [0.05, 0.1) is 0 Å². The molecular weight excluding hydrogens is 528 g/mol. The summed E-state index contributed by atoms with van der Waals surface area (Å²) >= 11 is 0. The lowest BCUT2D eigenvalue weighted by Crippen LogP contribution is -1.92. The summed E-state index contributed by atoms with van der Waals surface area (Å²) in [4.78, 5) is 0. The maximum Gasteiger partial charge on any atom is -0.00201 e. The summed E-state index contributed by atoms with van der Waals surface area (Å²) < 4.78 is 0. The molecule has 0 bridgehead atoms. The Labute approximate surface area is 258 Å². The number of fused-ring (bicyclic) bond motifs is 3. The molecule has 0 atom stereocenters. The van der Waals surface area contributed by atoms with E-state index in [1.165, 1.54) is 76.8 Å². The van der Waals surface area contributed by atoms with Gasteiger partial charge in [-0.3, -0.25) is 0 Å². The van der Waals surface area contributed by atoms with Crippen molar-refractivity contribution in [3.63, 3.8) is 0 Å². The highest BCUT2D eigenvalue weighted by Gasteiger charge is 2.18. The van der Waals surface area contributed by atoms with Crippen LogP contribution in [-0.2, 0) is 0 Å². The van der Waals surface area contributed by atoms with Crippen LogP contribution in [0.2, 0.25) is 0 Å². The fourth-order valence-electron chi connectivity index (χ4n) is 6.62. The molecule has 0 aromatic heterocycles. The van der Waals surface area contributed by atoms with E-state index in [1.54, 1.807) is 0 Å². The average Bonchev–Trinajstić information content (AvgIpc) is 3.10. The molecule has 0 aliphatic carbocycles. The first-order valence-corrected chi connectivity index (χ1v) is 15.2. The Balaban J connectivity index is 1.28. The van der Waals surface area contributed by atoms with Gasteiger partial charge in [0, 0.05) is 0 Å². The quantitative estimate of drug-likeness (QED) is 0.146. The van der Waals surface area contributed by atoms with Crippen LogP contribution in [0.25, 0.3) is 77.9 Å². The minimum atomic E-state index is 1.19. The van der Waals surface area contributed by atoms with Gasteiger partial charge in [0.25, 0.3) is 0 Å². The molecule has 0 unspecified atom stereocenters. The number of rotatable bonds is 5. The largest absolute Gasteiger partial charge is 0.0622 e. The van der Waals surface area contributed by atoms with E-state index in [0.717, 1.165) is 0 Å². The van der Waals surface area contributed by atoms with Crippen LogP contribution in [0.15, 0.2) is 170 Å². The second-order valence-corrected chi connectivity index (χ2v) is 11.3. The normalized spacial score (nSPS) is 11.5. The second kappa shape index (κ2) is 11.2. The van der Waals surface area contributed by atoms with E-state index in [0.29, 0.717) is 0 Å². The molecule has 206 valence electrons. The molecule has 8 aromatic rings. The van der Waals surface area contributed by atoms with Crippen molar-refractivity contribution in [3.8, 4) is 33.4 Å². The van der Waals surface area contributed by atoms with Crippen molar-refractivity contribution in [3.05, 3.63) is 181 Å². The van der Waals surface area contributed by atoms with Gasteiger partial charge in [0.1, 0.15) is 0 Å². The number of hydrogen-bond acceptors (Lipinski definition) is 0. The third-order valence-electron chi connectivity index (χ3n) is 8.69. The van der Waals surface area contributed by atoms with Gasteiger partial charge < -0.3 is 0 Å². The van der Waals surface area contributed by atoms with Crippen molar-refractivity contribution in [2.75, 3.05) is 0 Å². The molecule has 0 radical (unpaired) electrons. The molecule has 0 fully saturated rings. The van der Waals surface area contributed by atoms with E-state index in [1.807, 2.05) is 0 Å². The summed E-state index contributed by atoms with van der Waals surface area (Å²) in [6.07, 6.45) is 4.47. The van der Waals surface area contributed by atoms with Gasteiger partial charge in [-0.1, -0.05) is 182 Å². The smallest absolute Gasteiger partial charge is 0.00201 e. The molecule has 0 heteroatoms. The van der Waals surface area contributed by atoms with E-state index in [2.05, 4.69) is 182 Å². The van der Waals surface area contributed by atoms with Crippen molar-refractivity contribution < 1.29 is 0 Å². The molecule has 44 heavy (non-hydrogen) atoms. The fourth-order valence-corrected chi connectivity index (χ4v) is 6.62. The van der Waals surface area contributed by atoms with Crippen LogP contribution in [0.4, 0.5) is 0 Å². The van der Waals surface area contributed by atoms with Gasteiger partial charge in [-0.05, 0) is 76.8 Å². The maximum absolute atomic E-state index is 2.32. The highest BCUT2D eigenvalue weighted by Crippen LogP contribution is 2.45. The summed E-state index contributed by atoms with van der Waals surface area (Å²) in [5, 5.41) is 7.62. The highest BCUT2D eigenvalue weighted by atomic mass is 14.2. The van der Waals surface area contributed by atoms with Crippen molar-refractivity contribution in [1.82, 2.24) is 0 Å². The summed E-state index contributed by atoms with van der Waals surface area (Å²) in [6, 6.07) is 61.3. The Kier molecular flexibility index (Phi) is 6.59. The lowest BCUT2D eigenvalue weighted by molar-refractivity contribution is 1.60. The lowest BCUT2D eigenvalue weighted by atomic mass is 9.84. The molecule has 0 nitrogen and oxygen atoms in total. The molecular formula is C44H30. The van der Waals surface area contributed by atoms with E-state index in [4.69, 9.17) is 0 Å². The molecule has 0 saturated carbocycles. The maximum atomic E-state index is 2.32. The third kappa shape index (κ3) is 4.58. The predicted octanol–water partition coefficient (Wildman–Crippen LogP) is 12.3. The Bertz CT molecular complexity index is 2230. The van der Waals surface area contributed by atoms with Gasteiger partial charge in [-0.15, -0.1) is 0 Å². The van der Waals surface area contributed by atoms with E-state index < -0.39 is 0 Å². The average molecular weight is 559 g/mol. The van der Waals surface area contributed by atoms with Crippen LogP contribution >= 0.6 is 0 Å².